The minimum atomic E-state index is -0.169. The molecular weight excluding hydrogens is 202 g/mol. The van der Waals surface area contributed by atoms with Crippen LogP contribution in [0.4, 0.5) is 0 Å². The Morgan fingerprint density at radius 2 is 2.19 bits per heavy atom. The fraction of sp³-hybridized carbons (Fsp3) is 0.615. The first kappa shape index (κ1) is 10.1. The minimum absolute atomic E-state index is 0.169. The van der Waals surface area contributed by atoms with E-state index in [9.17, 15) is 4.79 Å². The van der Waals surface area contributed by atoms with Gasteiger partial charge in [-0.15, -0.1) is 0 Å². The van der Waals surface area contributed by atoms with Gasteiger partial charge in [-0.2, -0.15) is 0 Å². The minimum Gasteiger partial charge on any atom is -0.423 e. The lowest BCUT2D eigenvalue weighted by Gasteiger charge is -2.32. The summed E-state index contributed by atoms with van der Waals surface area (Å²) in [7, 11) is 0. The van der Waals surface area contributed by atoms with E-state index in [1.807, 2.05) is 13.0 Å². The fourth-order valence-electron chi connectivity index (χ4n) is 3.04. The molecule has 2 saturated heterocycles. The number of rotatable bonds is 0. The van der Waals surface area contributed by atoms with Gasteiger partial charge in [0.15, 0.2) is 0 Å². The molecule has 0 spiro atoms. The summed E-state index contributed by atoms with van der Waals surface area (Å²) in [5.74, 6) is 0.678. The van der Waals surface area contributed by atoms with Crippen LogP contribution in [-0.4, -0.2) is 30.0 Å². The van der Waals surface area contributed by atoms with Crippen molar-refractivity contribution in [3.05, 3.63) is 23.0 Å². The van der Waals surface area contributed by atoms with Crippen LogP contribution in [-0.2, 0) is 9.53 Å². The van der Waals surface area contributed by atoms with E-state index >= 15 is 0 Å². The van der Waals surface area contributed by atoms with E-state index in [0.29, 0.717) is 6.04 Å². The molecule has 0 aromatic heterocycles. The molecule has 1 atom stereocenters. The summed E-state index contributed by atoms with van der Waals surface area (Å²) < 4.78 is 5.34. The van der Waals surface area contributed by atoms with Gasteiger partial charge in [0.05, 0.1) is 0 Å². The Bertz CT molecular complexity index is 395. The maximum absolute atomic E-state index is 11.4. The number of hydrogen-bond donors (Lipinski definition) is 0. The van der Waals surface area contributed by atoms with E-state index in [0.717, 1.165) is 17.8 Å². The number of cyclic esters (lactones) is 1. The molecule has 0 bridgehead atoms. The van der Waals surface area contributed by atoms with Gasteiger partial charge in [-0.3, -0.25) is 4.90 Å². The normalized spacial score (nSPS) is 34.9. The molecule has 0 amide bonds. The van der Waals surface area contributed by atoms with Crippen LogP contribution in [0.15, 0.2) is 23.0 Å². The molecule has 3 nitrogen and oxygen atoms in total. The Morgan fingerprint density at radius 3 is 2.94 bits per heavy atom. The summed E-state index contributed by atoms with van der Waals surface area (Å²) >= 11 is 0. The molecular formula is C13H17NO2. The quantitative estimate of drug-likeness (QED) is 0.584. The Kier molecular flexibility index (Phi) is 2.36. The molecule has 0 aromatic carbocycles. The molecule has 3 aliphatic heterocycles. The van der Waals surface area contributed by atoms with E-state index in [1.165, 1.54) is 37.9 Å². The molecule has 3 aliphatic rings. The Hall–Kier alpha value is -1.09. The molecule has 3 heteroatoms. The number of ether oxygens (including phenoxy) is 1. The van der Waals surface area contributed by atoms with Crippen molar-refractivity contribution in [1.82, 2.24) is 4.90 Å². The van der Waals surface area contributed by atoms with Crippen LogP contribution in [0.2, 0.25) is 0 Å². The van der Waals surface area contributed by atoms with Crippen molar-refractivity contribution in [2.45, 2.75) is 38.6 Å². The van der Waals surface area contributed by atoms with Crippen LogP contribution in [0, 0.1) is 0 Å². The number of allylic oxidation sites excluding steroid dienone is 1. The van der Waals surface area contributed by atoms with Crippen molar-refractivity contribution in [2.24, 2.45) is 0 Å². The second-order valence-electron chi connectivity index (χ2n) is 4.90. The average molecular weight is 219 g/mol. The zero-order chi connectivity index (χ0) is 11.1. The number of fused-ring (bicyclic) bond motifs is 1. The van der Waals surface area contributed by atoms with Crippen molar-refractivity contribution >= 4 is 5.97 Å². The third-order valence-corrected chi connectivity index (χ3v) is 3.85. The topological polar surface area (TPSA) is 29.5 Å². The highest BCUT2D eigenvalue weighted by Crippen LogP contribution is 2.35. The van der Waals surface area contributed by atoms with Crippen molar-refractivity contribution < 1.29 is 9.53 Å². The van der Waals surface area contributed by atoms with E-state index < -0.39 is 0 Å². The monoisotopic (exact) mass is 219 g/mol. The van der Waals surface area contributed by atoms with Crippen molar-refractivity contribution in [3.8, 4) is 0 Å². The third-order valence-electron chi connectivity index (χ3n) is 3.85. The third kappa shape index (κ3) is 1.50. The van der Waals surface area contributed by atoms with E-state index in [-0.39, 0.29) is 5.97 Å². The molecule has 86 valence electrons. The molecule has 0 N–H and O–H groups in total. The standard InChI is InChI=1S/C13H17NO2/c1-9-8-12(16-13(9)15)10-4-2-6-14-7-3-5-11(10)14/h8,11H,2-7H2,1H3/b12-10-/t11-/m1/s1. The highest BCUT2D eigenvalue weighted by Gasteiger charge is 2.34. The zero-order valence-corrected chi connectivity index (χ0v) is 9.66. The highest BCUT2D eigenvalue weighted by atomic mass is 16.5. The van der Waals surface area contributed by atoms with Crippen LogP contribution >= 0.6 is 0 Å². The van der Waals surface area contributed by atoms with Crippen molar-refractivity contribution in [1.29, 1.82) is 0 Å². The van der Waals surface area contributed by atoms with Gasteiger partial charge in [0.1, 0.15) is 5.76 Å². The van der Waals surface area contributed by atoms with Gasteiger partial charge < -0.3 is 4.74 Å². The Balaban J connectivity index is 1.94. The summed E-state index contributed by atoms with van der Waals surface area (Å²) in [5, 5.41) is 0. The Morgan fingerprint density at radius 1 is 1.38 bits per heavy atom. The van der Waals surface area contributed by atoms with Crippen LogP contribution in [0.25, 0.3) is 0 Å². The lowest BCUT2D eigenvalue weighted by Crippen LogP contribution is -2.36. The van der Waals surface area contributed by atoms with Crippen molar-refractivity contribution in [3.63, 3.8) is 0 Å². The maximum Gasteiger partial charge on any atom is 0.339 e. The molecule has 0 aromatic rings. The molecule has 0 radical (unpaired) electrons. The molecule has 3 rings (SSSR count). The molecule has 16 heavy (non-hydrogen) atoms. The smallest absolute Gasteiger partial charge is 0.339 e. The number of hydrogen-bond acceptors (Lipinski definition) is 3. The van der Waals surface area contributed by atoms with Crippen LogP contribution in [0.1, 0.15) is 32.6 Å². The summed E-state index contributed by atoms with van der Waals surface area (Å²) in [6, 6.07) is 0.540. The number of esters is 1. The first-order valence-corrected chi connectivity index (χ1v) is 6.13. The van der Waals surface area contributed by atoms with Crippen LogP contribution < -0.4 is 0 Å². The fourth-order valence-corrected chi connectivity index (χ4v) is 3.04. The number of carbonyl (C=O) groups excluding carboxylic acids is 1. The molecule has 0 aliphatic carbocycles. The second-order valence-corrected chi connectivity index (χ2v) is 4.90. The number of piperidine rings is 1. The number of carbonyl (C=O) groups is 1. The van der Waals surface area contributed by atoms with E-state index in [1.54, 1.807) is 0 Å². The van der Waals surface area contributed by atoms with Crippen molar-refractivity contribution in [2.75, 3.05) is 13.1 Å². The van der Waals surface area contributed by atoms with Gasteiger partial charge in [-0.25, -0.2) is 4.79 Å². The lowest BCUT2D eigenvalue weighted by molar-refractivity contribution is -0.133. The largest absolute Gasteiger partial charge is 0.423 e. The first-order valence-electron chi connectivity index (χ1n) is 6.13. The highest BCUT2D eigenvalue weighted by molar-refractivity contribution is 5.92. The lowest BCUT2D eigenvalue weighted by atomic mass is 9.94. The van der Waals surface area contributed by atoms with Gasteiger partial charge in [-0.1, -0.05) is 0 Å². The van der Waals surface area contributed by atoms with Gasteiger partial charge >= 0.3 is 5.97 Å². The van der Waals surface area contributed by atoms with Crippen LogP contribution in [0.3, 0.4) is 0 Å². The zero-order valence-electron chi connectivity index (χ0n) is 9.66. The molecule has 0 saturated carbocycles. The molecule has 0 unspecified atom stereocenters. The Labute approximate surface area is 95.8 Å². The SMILES string of the molecule is CC1=C/C(=C2\CCCN3CCC[C@H]23)OC1=O. The van der Waals surface area contributed by atoms with Gasteiger partial charge in [0, 0.05) is 11.6 Å². The summed E-state index contributed by atoms with van der Waals surface area (Å²) in [6.45, 7) is 4.24. The molecule has 2 fully saturated rings. The van der Waals surface area contributed by atoms with Gasteiger partial charge in [-0.05, 0) is 57.3 Å². The second kappa shape index (κ2) is 3.74. The summed E-state index contributed by atoms with van der Waals surface area (Å²) in [5.41, 5.74) is 2.09. The van der Waals surface area contributed by atoms with E-state index in [2.05, 4.69) is 4.90 Å². The molecule has 3 heterocycles. The number of nitrogens with zero attached hydrogens (tertiary/aromatic N) is 1. The average Bonchev–Trinajstić information content (AvgIpc) is 2.85. The first-order chi connectivity index (χ1) is 7.75. The van der Waals surface area contributed by atoms with Gasteiger partial charge in [0.2, 0.25) is 0 Å². The van der Waals surface area contributed by atoms with Crippen LogP contribution in [0.5, 0.6) is 0 Å². The summed E-state index contributed by atoms with van der Waals surface area (Å²) in [4.78, 5) is 13.9. The predicted octanol–water partition coefficient (Wildman–Crippen LogP) is 2.00. The van der Waals surface area contributed by atoms with Gasteiger partial charge in [0.25, 0.3) is 0 Å². The van der Waals surface area contributed by atoms with E-state index in [4.69, 9.17) is 4.74 Å². The predicted molar refractivity (Wildman–Crippen MR) is 60.7 cm³/mol. The maximum atomic E-state index is 11.4. The summed E-state index contributed by atoms with van der Waals surface area (Å²) in [6.07, 6.45) is 6.70.